The van der Waals surface area contributed by atoms with Gasteiger partial charge in [-0.1, -0.05) is 25.3 Å². The Hall–Kier alpha value is -2.81. The van der Waals surface area contributed by atoms with E-state index in [-0.39, 0.29) is 0 Å². The number of hydrogen-bond donors (Lipinski definition) is 1. The summed E-state index contributed by atoms with van der Waals surface area (Å²) in [5, 5.41) is 3.07. The first kappa shape index (κ1) is 18.0. The maximum Gasteiger partial charge on any atom is 0.125 e. The monoisotopic (exact) mass is 345 g/mol. The number of nitrogens with zero attached hydrogens (tertiary/aromatic N) is 2. The Morgan fingerprint density at radius 3 is 2.54 bits per heavy atom. The van der Waals surface area contributed by atoms with Crippen LogP contribution in [-0.2, 0) is 0 Å². The fourth-order valence-corrected chi connectivity index (χ4v) is 3.37. The topological polar surface area (TPSA) is 28.2 Å². The number of likely N-dealkylation sites (N-methyl/N-ethyl adjacent to an activating group) is 1. The van der Waals surface area contributed by atoms with Gasteiger partial charge in [-0.15, -0.1) is 0 Å². The van der Waals surface area contributed by atoms with E-state index in [0.29, 0.717) is 5.92 Å². The van der Waals surface area contributed by atoms with E-state index in [2.05, 4.69) is 66.7 Å². The van der Waals surface area contributed by atoms with Crippen molar-refractivity contribution in [1.29, 1.82) is 0 Å². The highest BCUT2D eigenvalue weighted by Gasteiger charge is 2.30. The quantitative estimate of drug-likeness (QED) is 0.707. The highest BCUT2D eigenvalue weighted by Crippen LogP contribution is 2.43. The van der Waals surface area contributed by atoms with Crippen LogP contribution in [0.4, 0.5) is 5.82 Å². The molecule has 1 aliphatic carbocycles. The maximum atomic E-state index is 4.47. The van der Waals surface area contributed by atoms with Crippen LogP contribution in [0.3, 0.4) is 0 Å². The fourth-order valence-electron chi connectivity index (χ4n) is 3.37. The molecule has 1 aromatic heterocycles. The molecule has 1 fully saturated rings. The number of nitrogens with one attached hydrogen (secondary N) is 1. The van der Waals surface area contributed by atoms with Crippen LogP contribution < -0.4 is 5.32 Å². The van der Waals surface area contributed by atoms with Gasteiger partial charge in [0.2, 0.25) is 0 Å². The summed E-state index contributed by atoms with van der Waals surface area (Å²) in [6.45, 7) is 10.0. The molecule has 2 aliphatic rings. The van der Waals surface area contributed by atoms with E-state index in [1.54, 1.807) is 0 Å². The van der Waals surface area contributed by atoms with Crippen molar-refractivity contribution in [3.63, 3.8) is 0 Å². The minimum Gasteiger partial charge on any atom is -0.373 e. The van der Waals surface area contributed by atoms with Gasteiger partial charge in [-0.05, 0) is 72.3 Å². The lowest BCUT2D eigenvalue weighted by Crippen LogP contribution is -2.18. The minimum absolute atomic E-state index is 0.620. The zero-order valence-electron chi connectivity index (χ0n) is 15.9. The van der Waals surface area contributed by atoms with Crippen molar-refractivity contribution in [2.45, 2.75) is 19.8 Å². The van der Waals surface area contributed by atoms with Crippen LogP contribution in [0.1, 0.15) is 25.3 Å². The second kappa shape index (κ2) is 7.61. The molecule has 1 N–H and O–H groups in total. The summed E-state index contributed by atoms with van der Waals surface area (Å²) in [5.74, 6) is 1.50. The molecule has 3 nitrogen and oxygen atoms in total. The molecule has 0 bridgehead atoms. The number of rotatable bonds is 6. The molecule has 1 aliphatic heterocycles. The molecule has 0 aromatic carbocycles. The average Bonchev–Trinajstić information content (AvgIpc) is 3.50. The Labute approximate surface area is 156 Å². The van der Waals surface area contributed by atoms with Gasteiger partial charge in [-0.3, -0.25) is 0 Å². The molecular weight excluding hydrogens is 318 g/mol. The number of aromatic nitrogens is 1. The van der Waals surface area contributed by atoms with E-state index in [9.17, 15) is 0 Å². The summed E-state index contributed by atoms with van der Waals surface area (Å²) in [6, 6.07) is 4.14. The molecule has 3 heteroatoms. The van der Waals surface area contributed by atoms with Gasteiger partial charge in [-0.2, -0.15) is 0 Å². The Bertz CT molecular complexity index is 821. The summed E-state index contributed by atoms with van der Waals surface area (Å²) in [6.07, 6.45) is 14.7. The van der Waals surface area contributed by atoms with Gasteiger partial charge in [0.05, 0.1) is 0 Å². The summed E-state index contributed by atoms with van der Waals surface area (Å²) in [7, 11) is 4.00. The highest BCUT2D eigenvalue weighted by atomic mass is 15.1. The normalized spacial score (nSPS) is 18.5. The van der Waals surface area contributed by atoms with E-state index in [4.69, 9.17) is 0 Å². The Kier molecular flexibility index (Phi) is 5.27. The summed E-state index contributed by atoms with van der Waals surface area (Å²) >= 11 is 0. The van der Waals surface area contributed by atoms with Crippen molar-refractivity contribution in [2.75, 3.05) is 19.4 Å². The van der Waals surface area contributed by atoms with Crippen LogP contribution in [0.5, 0.6) is 0 Å². The number of allylic oxidation sites excluding steroid dienone is 8. The summed E-state index contributed by atoms with van der Waals surface area (Å²) < 4.78 is 0. The Morgan fingerprint density at radius 2 is 2.00 bits per heavy atom. The lowest BCUT2D eigenvalue weighted by molar-refractivity contribution is 0.563. The van der Waals surface area contributed by atoms with Crippen molar-refractivity contribution in [3.05, 3.63) is 90.0 Å². The van der Waals surface area contributed by atoms with Crippen molar-refractivity contribution < 1.29 is 0 Å². The predicted octanol–water partition coefficient (Wildman–Crippen LogP) is 5.32. The summed E-state index contributed by atoms with van der Waals surface area (Å²) in [4.78, 5) is 6.70. The smallest absolute Gasteiger partial charge is 0.125 e. The first-order valence-corrected chi connectivity index (χ1v) is 9.06. The molecule has 0 amide bonds. The van der Waals surface area contributed by atoms with Crippen LogP contribution in [0.2, 0.25) is 0 Å². The van der Waals surface area contributed by atoms with E-state index < -0.39 is 0 Å². The first-order valence-electron chi connectivity index (χ1n) is 9.06. The van der Waals surface area contributed by atoms with E-state index >= 15 is 0 Å². The van der Waals surface area contributed by atoms with Gasteiger partial charge in [0.1, 0.15) is 5.82 Å². The molecule has 2 heterocycles. The van der Waals surface area contributed by atoms with Gasteiger partial charge in [0.25, 0.3) is 0 Å². The second-order valence-corrected chi connectivity index (χ2v) is 6.78. The molecule has 0 saturated heterocycles. The first-order chi connectivity index (χ1) is 12.6. The molecule has 1 saturated carbocycles. The van der Waals surface area contributed by atoms with Gasteiger partial charge in [0.15, 0.2) is 0 Å². The van der Waals surface area contributed by atoms with E-state index in [1.807, 2.05) is 31.5 Å². The largest absolute Gasteiger partial charge is 0.373 e. The number of hydrogen-bond acceptors (Lipinski definition) is 3. The molecule has 0 spiro atoms. The van der Waals surface area contributed by atoms with Gasteiger partial charge < -0.3 is 10.2 Å². The molecular formula is C23H27N3. The fraction of sp³-hybridized carbons (Fsp3) is 0.261. The third-order valence-electron chi connectivity index (χ3n) is 4.99. The van der Waals surface area contributed by atoms with E-state index in [1.165, 1.54) is 35.3 Å². The second-order valence-electron chi connectivity index (χ2n) is 6.78. The third kappa shape index (κ3) is 3.57. The van der Waals surface area contributed by atoms with Crippen LogP contribution in [0, 0.1) is 5.92 Å². The predicted molar refractivity (Wildman–Crippen MR) is 112 cm³/mol. The minimum atomic E-state index is 0.620. The Morgan fingerprint density at radius 1 is 1.27 bits per heavy atom. The van der Waals surface area contributed by atoms with Gasteiger partial charge in [-0.25, -0.2) is 4.98 Å². The van der Waals surface area contributed by atoms with Crippen LogP contribution in [0.25, 0.3) is 5.57 Å². The van der Waals surface area contributed by atoms with Crippen molar-refractivity contribution in [2.24, 2.45) is 5.92 Å². The SMILES string of the molecule is C=CC(C=C)=C/C(=C1/C(C)=C(c2ccc(NC)nc2)C=CN1C)C1CC1. The third-order valence-corrected chi connectivity index (χ3v) is 4.99. The van der Waals surface area contributed by atoms with Crippen molar-refractivity contribution in [1.82, 2.24) is 9.88 Å². The number of pyridine rings is 1. The van der Waals surface area contributed by atoms with Crippen molar-refractivity contribution >= 4 is 11.4 Å². The summed E-state index contributed by atoms with van der Waals surface area (Å²) in [5.41, 5.74) is 7.36. The van der Waals surface area contributed by atoms with Crippen molar-refractivity contribution in [3.8, 4) is 0 Å². The number of anilines is 1. The lowest BCUT2D eigenvalue weighted by atomic mass is 9.92. The van der Waals surface area contributed by atoms with Crippen LogP contribution in [0.15, 0.2) is 84.4 Å². The van der Waals surface area contributed by atoms with Gasteiger partial charge >= 0.3 is 0 Å². The average molecular weight is 345 g/mol. The molecule has 1 aromatic rings. The lowest BCUT2D eigenvalue weighted by Gasteiger charge is -2.28. The molecule has 26 heavy (non-hydrogen) atoms. The standard InChI is InChI=1S/C23H27N3/c1-6-17(7-2)14-21(18-8-9-18)23-16(3)20(12-13-26(23)5)19-10-11-22(24-4)25-15-19/h6-7,10-15,18H,1-2,8-9H2,3-5H3,(H,24,25)/b23-21+. The zero-order valence-corrected chi connectivity index (χ0v) is 15.9. The maximum absolute atomic E-state index is 4.47. The van der Waals surface area contributed by atoms with Crippen LogP contribution >= 0.6 is 0 Å². The molecule has 0 radical (unpaired) electrons. The highest BCUT2D eigenvalue weighted by molar-refractivity contribution is 5.81. The molecule has 134 valence electrons. The van der Waals surface area contributed by atoms with Crippen LogP contribution in [-0.4, -0.2) is 24.0 Å². The van der Waals surface area contributed by atoms with Gasteiger partial charge in [0, 0.05) is 37.8 Å². The molecule has 3 rings (SSSR count). The Balaban J connectivity index is 2.13. The molecule has 0 unspecified atom stereocenters. The van der Waals surface area contributed by atoms with E-state index in [0.717, 1.165) is 17.0 Å². The zero-order chi connectivity index (χ0) is 18.7. The molecule has 0 atom stereocenters.